The average Bonchev–Trinajstić information content (AvgIpc) is 1.85. The highest BCUT2D eigenvalue weighted by atomic mass is 127. The second-order valence-electron chi connectivity index (χ2n) is 3.15. The summed E-state index contributed by atoms with van der Waals surface area (Å²) in [5.74, 6) is 0. The Balaban J connectivity index is 2.35. The maximum atomic E-state index is 5.26. The fourth-order valence-corrected chi connectivity index (χ4v) is 1.99. The van der Waals surface area contributed by atoms with Gasteiger partial charge in [0.2, 0.25) is 0 Å². The summed E-state index contributed by atoms with van der Waals surface area (Å²) in [4.78, 5) is 0. The van der Waals surface area contributed by atoms with Crippen LogP contribution in [0.15, 0.2) is 0 Å². The molecule has 2 unspecified atom stereocenters. The highest BCUT2D eigenvalue weighted by Gasteiger charge is 2.22. The zero-order valence-corrected chi connectivity index (χ0v) is 8.59. The van der Waals surface area contributed by atoms with Gasteiger partial charge in [0.1, 0.15) is 23.0 Å². The SMILES string of the molecule is CC1CC(OI)CC(C)N1. The molecule has 1 fully saturated rings. The molecule has 10 heavy (non-hydrogen) atoms. The minimum absolute atomic E-state index is 0.465. The van der Waals surface area contributed by atoms with E-state index in [0.29, 0.717) is 18.2 Å². The standard InChI is InChI=1S/C7H14INO/c1-5-3-7(10-8)4-6(2)9-5/h5-7,9H,3-4H2,1-2H3. The summed E-state index contributed by atoms with van der Waals surface area (Å²) in [5.41, 5.74) is 0. The number of rotatable bonds is 1. The monoisotopic (exact) mass is 255 g/mol. The summed E-state index contributed by atoms with van der Waals surface area (Å²) in [6.45, 7) is 4.41. The lowest BCUT2D eigenvalue weighted by atomic mass is 9.98. The Morgan fingerprint density at radius 1 is 1.30 bits per heavy atom. The van der Waals surface area contributed by atoms with Crippen LogP contribution in [0.2, 0.25) is 0 Å². The van der Waals surface area contributed by atoms with Crippen LogP contribution in [0.5, 0.6) is 0 Å². The Morgan fingerprint density at radius 2 is 1.80 bits per heavy atom. The van der Waals surface area contributed by atoms with Crippen molar-refractivity contribution in [1.82, 2.24) is 5.32 Å². The van der Waals surface area contributed by atoms with Gasteiger partial charge in [-0.3, -0.25) is 0 Å². The van der Waals surface area contributed by atoms with Crippen molar-refractivity contribution in [3.8, 4) is 0 Å². The van der Waals surface area contributed by atoms with Crippen LogP contribution in [0, 0.1) is 0 Å². The zero-order valence-electron chi connectivity index (χ0n) is 6.43. The van der Waals surface area contributed by atoms with Crippen LogP contribution in [-0.4, -0.2) is 18.2 Å². The third kappa shape index (κ3) is 2.36. The summed E-state index contributed by atoms with van der Waals surface area (Å²) >= 11 is 2.00. The van der Waals surface area contributed by atoms with Crippen molar-refractivity contribution in [3.63, 3.8) is 0 Å². The second kappa shape index (κ2) is 3.88. The van der Waals surface area contributed by atoms with E-state index in [2.05, 4.69) is 19.2 Å². The van der Waals surface area contributed by atoms with E-state index in [-0.39, 0.29) is 0 Å². The minimum atomic E-state index is 0.465. The van der Waals surface area contributed by atoms with Crippen LogP contribution in [0.1, 0.15) is 26.7 Å². The van der Waals surface area contributed by atoms with Crippen molar-refractivity contribution in [2.24, 2.45) is 0 Å². The van der Waals surface area contributed by atoms with Crippen molar-refractivity contribution < 1.29 is 3.07 Å². The Bertz CT molecular complexity index is 99.8. The van der Waals surface area contributed by atoms with Gasteiger partial charge < -0.3 is 8.38 Å². The minimum Gasteiger partial charge on any atom is -0.312 e. The van der Waals surface area contributed by atoms with E-state index in [1.165, 1.54) is 0 Å². The van der Waals surface area contributed by atoms with Crippen molar-refractivity contribution >= 4 is 23.0 Å². The predicted octanol–water partition coefficient (Wildman–Crippen LogP) is 1.88. The largest absolute Gasteiger partial charge is 0.312 e. The third-order valence-electron chi connectivity index (χ3n) is 1.93. The Kier molecular flexibility index (Phi) is 3.39. The van der Waals surface area contributed by atoms with Crippen LogP contribution in [0.3, 0.4) is 0 Å². The van der Waals surface area contributed by atoms with Crippen molar-refractivity contribution in [3.05, 3.63) is 0 Å². The van der Waals surface area contributed by atoms with Gasteiger partial charge in [0.25, 0.3) is 0 Å². The van der Waals surface area contributed by atoms with E-state index in [4.69, 9.17) is 3.07 Å². The number of hydrogen-bond acceptors (Lipinski definition) is 2. The lowest BCUT2D eigenvalue weighted by Gasteiger charge is -2.31. The molecule has 0 spiro atoms. The molecule has 1 heterocycles. The molecule has 0 saturated carbocycles. The highest BCUT2D eigenvalue weighted by Crippen LogP contribution is 2.18. The summed E-state index contributed by atoms with van der Waals surface area (Å²) in [6.07, 6.45) is 2.76. The van der Waals surface area contributed by atoms with Crippen LogP contribution in [-0.2, 0) is 3.07 Å². The summed E-state index contributed by atoms with van der Waals surface area (Å²) < 4.78 is 5.26. The van der Waals surface area contributed by atoms with Crippen LogP contribution in [0.25, 0.3) is 0 Å². The molecule has 60 valence electrons. The van der Waals surface area contributed by atoms with Gasteiger partial charge in [-0.1, -0.05) is 0 Å². The van der Waals surface area contributed by atoms with Gasteiger partial charge in [-0.15, -0.1) is 0 Å². The molecule has 0 aromatic heterocycles. The Morgan fingerprint density at radius 3 is 2.20 bits per heavy atom. The summed E-state index contributed by atoms with van der Waals surface area (Å²) in [6, 6.07) is 1.23. The van der Waals surface area contributed by atoms with Crippen LogP contribution < -0.4 is 5.32 Å². The lowest BCUT2D eigenvalue weighted by molar-refractivity contribution is 0.171. The molecule has 2 nitrogen and oxygen atoms in total. The molecular formula is C7H14INO. The molecule has 1 N–H and O–H groups in total. The fourth-order valence-electron chi connectivity index (χ4n) is 1.58. The first-order valence-electron chi connectivity index (χ1n) is 3.76. The third-order valence-corrected chi connectivity index (χ3v) is 2.65. The van der Waals surface area contributed by atoms with Gasteiger partial charge in [-0.05, 0) is 26.7 Å². The van der Waals surface area contributed by atoms with E-state index in [0.717, 1.165) is 12.8 Å². The van der Waals surface area contributed by atoms with Gasteiger partial charge in [0.05, 0.1) is 6.10 Å². The second-order valence-corrected chi connectivity index (χ2v) is 3.66. The summed E-state index contributed by atoms with van der Waals surface area (Å²) in [5, 5.41) is 3.46. The van der Waals surface area contributed by atoms with Gasteiger partial charge in [0.15, 0.2) is 0 Å². The average molecular weight is 255 g/mol. The molecule has 0 aliphatic carbocycles. The summed E-state index contributed by atoms with van der Waals surface area (Å²) in [7, 11) is 0. The molecule has 1 aliphatic rings. The Labute approximate surface area is 76.4 Å². The molecule has 1 rings (SSSR count). The lowest BCUT2D eigenvalue weighted by Crippen LogP contribution is -2.44. The molecule has 0 radical (unpaired) electrons. The van der Waals surface area contributed by atoms with Crippen molar-refractivity contribution in [2.75, 3.05) is 0 Å². The molecular weight excluding hydrogens is 241 g/mol. The van der Waals surface area contributed by atoms with Gasteiger partial charge in [-0.2, -0.15) is 0 Å². The fraction of sp³-hybridized carbons (Fsp3) is 1.00. The van der Waals surface area contributed by atoms with Gasteiger partial charge in [-0.25, -0.2) is 0 Å². The molecule has 3 heteroatoms. The smallest absolute Gasteiger partial charge is 0.110 e. The predicted molar refractivity (Wildman–Crippen MR) is 50.2 cm³/mol. The maximum Gasteiger partial charge on any atom is 0.110 e. The van der Waals surface area contributed by atoms with E-state index in [1.807, 2.05) is 23.0 Å². The molecule has 1 saturated heterocycles. The van der Waals surface area contributed by atoms with E-state index < -0.39 is 0 Å². The van der Waals surface area contributed by atoms with E-state index in [1.54, 1.807) is 0 Å². The number of halogens is 1. The number of hydrogen-bond donors (Lipinski definition) is 1. The first kappa shape index (κ1) is 8.74. The van der Waals surface area contributed by atoms with Crippen LogP contribution >= 0.6 is 23.0 Å². The van der Waals surface area contributed by atoms with E-state index >= 15 is 0 Å². The first-order chi connectivity index (χ1) is 4.72. The van der Waals surface area contributed by atoms with E-state index in [9.17, 15) is 0 Å². The number of nitrogens with one attached hydrogen (secondary N) is 1. The molecule has 1 aliphatic heterocycles. The van der Waals surface area contributed by atoms with Crippen molar-refractivity contribution in [2.45, 2.75) is 44.9 Å². The topological polar surface area (TPSA) is 21.3 Å². The van der Waals surface area contributed by atoms with Gasteiger partial charge >= 0.3 is 0 Å². The quantitative estimate of drug-likeness (QED) is 0.722. The highest BCUT2D eigenvalue weighted by molar-refractivity contribution is 14.1. The van der Waals surface area contributed by atoms with Crippen LogP contribution in [0.4, 0.5) is 0 Å². The van der Waals surface area contributed by atoms with Crippen molar-refractivity contribution in [1.29, 1.82) is 0 Å². The molecule has 0 aromatic rings. The zero-order chi connectivity index (χ0) is 7.56. The molecule has 0 amide bonds. The normalized spacial score (nSPS) is 41.7. The number of piperidine rings is 1. The maximum absolute atomic E-state index is 5.26. The molecule has 0 bridgehead atoms. The first-order valence-corrected chi connectivity index (χ1v) is 4.64. The molecule has 2 atom stereocenters. The molecule has 0 aromatic carbocycles. The van der Waals surface area contributed by atoms with Gasteiger partial charge in [0, 0.05) is 12.1 Å². The Hall–Kier alpha value is 0.650.